The SMILES string of the molecule is CN1CCN(NC(=O)N(C)c2ccc(NC(=C3C(=O)Nc4cc(F)ccc43)c3ccccc3)cc2)CC1. The Bertz CT molecular complexity index is 1330. The number of carbonyl (C=O) groups is 2. The van der Waals surface area contributed by atoms with Crippen LogP contribution >= 0.6 is 0 Å². The van der Waals surface area contributed by atoms with E-state index in [1.165, 1.54) is 12.1 Å². The predicted octanol–water partition coefficient (Wildman–Crippen LogP) is 4.07. The molecule has 0 spiro atoms. The van der Waals surface area contributed by atoms with Crippen molar-refractivity contribution in [3.05, 3.63) is 89.7 Å². The average Bonchev–Trinajstić information content (AvgIpc) is 3.23. The van der Waals surface area contributed by atoms with Gasteiger partial charge in [0.2, 0.25) is 0 Å². The molecule has 0 radical (unpaired) electrons. The summed E-state index contributed by atoms with van der Waals surface area (Å²) in [5, 5.41) is 8.08. The second-order valence-corrected chi connectivity index (χ2v) is 9.20. The lowest BCUT2D eigenvalue weighted by molar-refractivity contribution is -0.110. The number of hydrogen-bond donors (Lipinski definition) is 3. The molecule has 0 aliphatic carbocycles. The minimum absolute atomic E-state index is 0.205. The molecule has 8 nitrogen and oxygen atoms in total. The number of halogens is 1. The van der Waals surface area contributed by atoms with E-state index in [0.29, 0.717) is 22.5 Å². The van der Waals surface area contributed by atoms with E-state index in [1.54, 1.807) is 18.0 Å². The lowest BCUT2D eigenvalue weighted by Gasteiger charge is -2.33. The van der Waals surface area contributed by atoms with Crippen LogP contribution in [0.25, 0.3) is 11.3 Å². The van der Waals surface area contributed by atoms with Crippen molar-refractivity contribution in [3.63, 3.8) is 0 Å². The number of hydrogen-bond acceptors (Lipinski definition) is 5. The van der Waals surface area contributed by atoms with Crippen LogP contribution in [-0.2, 0) is 4.79 Å². The molecule has 1 fully saturated rings. The van der Waals surface area contributed by atoms with Crippen LogP contribution in [0.1, 0.15) is 11.1 Å². The van der Waals surface area contributed by atoms with Crippen LogP contribution in [0.2, 0.25) is 0 Å². The molecule has 2 aliphatic rings. The van der Waals surface area contributed by atoms with Crippen molar-refractivity contribution < 1.29 is 14.0 Å². The van der Waals surface area contributed by atoms with E-state index in [-0.39, 0.29) is 11.9 Å². The van der Waals surface area contributed by atoms with Crippen LogP contribution in [0.5, 0.6) is 0 Å². The monoisotopic (exact) mass is 500 g/mol. The maximum absolute atomic E-state index is 13.8. The maximum atomic E-state index is 13.8. The normalized spacial score (nSPS) is 17.1. The third kappa shape index (κ3) is 5.32. The molecule has 2 heterocycles. The molecule has 0 aromatic heterocycles. The van der Waals surface area contributed by atoms with Gasteiger partial charge in [-0.15, -0.1) is 0 Å². The number of fused-ring (bicyclic) bond motifs is 1. The van der Waals surface area contributed by atoms with E-state index in [4.69, 9.17) is 0 Å². The van der Waals surface area contributed by atoms with Crippen molar-refractivity contribution in [2.75, 3.05) is 55.8 Å². The van der Waals surface area contributed by atoms with E-state index in [0.717, 1.165) is 43.1 Å². The summed E-state index contributed by atoms with van der Waals surface area (Å²) in [5.74, 6) is -0.713. The first-order chi connectivity index (χ1) is 17.9. The molecule has 0 atom stereocenters. The number of urea groups is 1. The molecule has 0 bridgehead atoms. The summed E-state index contributed by atoms with van der Waals surface area (Å²) >= 11 is 0. The number of nitrogens with one attached hydrogen (secondary N) is 3. The molecule has 2 aliphatic heterocycles. The van der Waals surface area contributed by atoms with Crippen LogP contribution in [0.4, 0.5) is 26.2 Å². The number of nitrogens with zero attached hydrogens (tertiary/aromatic N) is 3. The number of amides is 3. The van der Waals surface area contributed by atoms with Gasteiger partial charge in [0.05, 0.1) is 17.0 Å². The van der Waals surface area contributed by atoms with Crippen molar-refractivity contribution in [1.82, 2.24) is 15.3 Å². The van der Waals surface area contributed by atoms with E-state index in [9.17, 15) is 14.0 Å². The molecule has 37 heavy (non-hydrogen) atoms. The number of carbonyl (C=O) groups excluding carboxylic acids is 2. The highest BCUT2D eigenvalue weighted by atomic mass is 19.1. The van der Waals surface area contributed by atoms with E-state index < -0.39 is 5.82 Å². The number of rotatable bonds is 5. The summed E-state index contributed by atoms with van der Waals surface area (Å²) < 4.78 is 13.8. The van der Waals surface area contributed by atoms with Gasteiger partial charge in [0, 0.05) is 50.2 Å². The molecule has 3 aromatic carbocycles. The first-order valence-electron chi connectivity index (χ1n) is 12.1. The predicted molar refractivity (Wildman–Crippen MR) is 144 cm³/mol. The Morgan fingerprint density at radius 1 is 0.973 bits per heavy atom. The van der Waals surface area contributed by atoms with Gasteiger partial charge in [0.25, 0.3) is 5.91 Å². The highest BCUT2D eigenvalue weighted by Crippen LogP contribution is 2.38. The topological polar surface area (TPSA) is 80.0 Å². The fraction of sp³-hybridized carbons (Fsp3) is 0.214. The van der Waals surface area contributed by atoms with Crippen molar-refractivity contribution >= 4 is 40.3 Å². The Balaban J connectivity index is 1.38. The zero-order chi connectivity index (χ0) is 25.9. The minimum atomic E-state index is -0.411. The summed E-state index contributed by atoms with van der Waals surface area (Å²) in [5.41, 5.74) is 7.37. The van der Waals surface area contributed by atoms with Gasteiger partial charge < -0.3 is 15.5 Å². The van der Waals surface area contributed by atoms with Crippen LogP contribution < -0.4 is 21.0 Å². The van der Waals surface area contributed by atoms with Gasteiger partial charge in [0.15, 0.2) is 0 Å². The summed E-state index contributed by atoms with van der Waals surface area (Å²) in [4.78, 5) is 29.5. The van der Waals surface area contributed by atoms with E-state index in [2.05, 4.69) is 28.0 Å². The molecule has 0 unspecified atom stereocenters. The third-order valence-corrected chi connectivity index (χ3v) is 6.62. The molecule has 1 saturated heterocycles. The van der Waals surface area contributed by atoms with Gasteiger partial charge in [-0.05, 0) is 55.1 Å². The van der Waals surface area contributed by atoms with Crippen LogP contribution in [0, 0.1) is 5.82 Å². The van der Waals surface area contributed by atoms with Gasteiger partial charge in [-0.1, -0.05) is 30.3 Å². The Labute approximate surface area is 215 Å². The number of likely N-dealkylation sites (N-methyl/N-ethyl adjacent to an activating group) is 1. The zero-order valence-electron chi connectivity index (χ0n) is 20.8. The molecule has 9 heteroatoms. The molecule has 5 rings (SSSR count). The van der Waals surface area contributed by atoms with Crippen LogP contribution in [0.15, 0.2) is 72.8 Å². The van der Waals surface area contributed by atoms with E-state index >= 15 is 0 Å². The van der Waals surface area contributed by atoms with E-state index in [1.807, 2.05) is 59.6 Å². The lowest BCUT2D eigenvalue weighted by Crippen LogP contribution is -2.55. The van der Waals surface area contributed by atoms with Crippen molar-refractivity contribution in [2.24, 2.45) is 0 Å². The fourth-order valence-corrected chi connectivity index (χ4v) is 4.44. The van der Waals surface area contributed by atoms with Crippen LogP contribution in [0.3, 0.4) is 0 Å². The second kappa shape index (κ2) is 10.4. The molecule has 0 saturated carbocycles. The summed E-state index contributed by atoms with van der Waals surface area (Å²) in [6, 6.07) is 21.0. The molecule has 3 N–H and O–H groups in total. The second-order valence-electron chi connectivity index (χ2n) is 9.20. The van der Waals surface area contributed by atoms with Gasteiger partial charge >= 0.3 is 6.03 Å². The standard InChI is InChI=1S/C28H29FN6O2/c1-33-14-16-35(17-15-33)32-28(37)34(2)22-11-9-21(10-12-22)30-26(19-6-4-3-5-7-19)25-23-13-8-20(29)18-24(23)31-27(25)36/h3-13,18,30H,14-17H2,1-2H3,(H,31,36)(H,32,37). The Hall–Kier alpha value is -4.21. The Morgan fingerprint density at radius 2 is 1.68 bits per heavy atom. The minimum Gasteiger partial charge on any atom is -0.354 e. The molecule has 3 amide bonds. The number of anilines is 3. The number of piperazine rings is 1. The first-order valence-corrected chi connectivity index (χ1v) is 12.1. The summed E-state index contributed by atoms with van der Waals surface area (Å²) in [7, 11) is 3.79. The molecular weight excluding hydrogens is 471 g/mol. The molecular formula is C28H29FN6O2. The number of hydrazine groups is 1. The molecule has 190 valence electrons. The fourth-order valence-electron chi connectivity index (χ4n) is 4.44. The van der Waals surface area contributed by atoms with Gasteiger partial charge in [-0.2, -0.15) is 0 Å². The Morgan fingerprint density at radius 3 is 2.38 bits per heavy atom. The lowest BCUT2D eigenvalue weighted by atomic mass is 10.00. The van der Waals surface area contributed by atoms with Gasteiger partial charge in [-0.25, -0.2) is 14.2 Å². The van der Waals surface area contributed by atoms with Gasteiger partial charge in [-0.3, -0.25) is 15.1 Å². The highest BCUT2D eigenvalue weighted by molar-refractivity contribution is 6.37. The Kier molecular flexibility index (Phi) is 6.89. The smallest absolute Gasteiger partial charge is 0.336 e. The van der Waals surface area contributed by atoms with Crippen molar-refractivity contribution in [1.29, 1.82) is 0 Å². The maximum Gasteiger partial charge on any atom is 0.336 e. The summed E-state index contributed by atoms with van der Waals surface area (Å²) in [6.45, 7) is 3.36. The average molecular weight is 501 g/mol. The molecule has 3 aromatic rings. The van der Waals surface area contributed by atoms with Gasteiger partial charge in [0.1, 0.15) is 5.82 Å². The van der Waals surface area contributed by atoms with Crippen molar-refractivity contribution in [2.45, 2.75) is 0 Å². The number of benzene rings is 3. The third-order valence-electron chi connectivity index (χ3n) is 6.62. The van der Waals surface area contributed by atoms with Crippen molar-refractivity contribution in [3.8, 4) is 0 Å². The first kappa shape index (κ1) is 24.5. The van der Waals surface area contributed by atoms with Crippen LogP contribution in [-0.4, -0.2) is 62.1 Å². The zero-order valence-corrected chi connectivity index (χ0v) is 20.8. The highest BCUT2D eigenvalue weighted by Gasteiger charge is 2.29. The quantitative estimate of drug-likeness (QED) is 0.461. The summed E-state index contributed by atoms with van der Waals surface area (Å²) in [6.07, 6.45) is 0. The largest absolute Gasteiger partial charge is 0.354 e.